The summed E-state index contributed by atoms with van der Waals surface area (Å²) >= 11 is 5.87. The van der Waals surface area contributed by atoms with E-state index in [1.807, 2.05) is 0 Å². The number of carbonyl (C=O) groups is 3. The average Bonchev–Trinajstić information content (AvgIpc) is 2.78. The van der Waals surface area contributed by atoms with Crippen LogP contribution in [0.2, 0.25) is 5.02 Å². The molecule has 1 aliphatic heterocycles. The summed E-state index contributed by atoms with van der Waals surface area (Å²) in [6, 6.07) is 6.14. The predicted octanol–water partition coefficient (Wildman–Crippen LogP) is 1.80. The largest absolute Gasteiger partial charge is 0.351 e. The summed E-state index contributed by atoms with van der Waals surface area (Å²) in [7, 11) is 0. The molecule has 2 rings (SSSR count). The molecule has 1 atom stereocenters. The molecule has 1 fully saturated rings. The predicted molar refractivity (Wildman–Crippen MR) is 86.9 cm³/mol. The number of carbonyl (C=O) groups excluding carboxylic acids is 3. The fraction of sp³-hybridized carbons (Fsp3) is 0.312. The van der Waals surface area contributed by atoms with E-state index in [2.05, 4.69) is 17.2 Å². The Morgan fingerprint density at radius 3 is 2.61 bits per heavy atom. The van der Waals surface area contributed by atoms with Crippen molar-refractivity contribution in [2.75, 3.05) is 13.1 Å². The van der Waals surface area contributed by atoms with Crippen molar-refractivity contribution in [3.63, 3.8) is 0 Å². The molecule has 1 aliphatic rings. The van der Waals surface area contributed by atoms with E-state index >= 15 is 0 Å². The van der Waals surface area contributed by atoms with E-state index in [1.165, 1.54) is 6.08 Å². The molecule has 122 valence electrons. The van der Waals surface area contributed by atoms with Crippen LogP contribution in [0.4, 0.5) is 4.79 Å². The van der Waals surface area contributed by atoms with Gasteiger partial charge in [-0.1, -0.05) is 36.7 Å². The van der Waals surface area contributed by atoms with Gasteiger partial charge in [0.1, 0.15) is 12.1 Å². The highest BCUT2D eigenvalue weighted by atomic mass is 35.5. The third kappa shape index (κ3) is 3.22. The summed E-state index contributed by atoms with van der Waals surface area (Å²) in [6.07, 6.45) is 1.89. The van der Waals surface area contributed by atoms with Gasteiger partial charge >= 0.3 is 6.03 Å². The molecule has 1 aromatic carbocycles. The van der Waals surface area contributed by atoms with E-state index in [-0.39, 0.29) is 13.1 Å². The lowest BCUT2D eigenvalue weighted by molar-refractivity contribution is -0.135. The van der Waals surface area contributed by atoms with Crippen LogP contribution in [0.3, 0.4) is 0 Å². The number of urea groups is 1. The van der Waals surface area contributed by atoms with Crippen molar-refractivity contribution in [2.45, 2.75) is 18.9 Å². The Kier molecular flexibility index (Phi) is 5.05. The molecule has 23 heavy (non-hydrogen) atoms. The molecule has 1 aromatic rings. The van der Waals surface area contributed by atoms with Crippen molar-refractivity contribution >= 4 is 29.4 Å². The normalized spacial score (nSPS) is 20.3. The minimum Gasteiger partial charge on any atom is -0.351 e. The van der Waals surface area contributed by atoms with Gasteiger partial charge in [0.15, 0.2) is 0 Å². The van der Waals surface area contributed by atoms with Crippen molar-refractivity contribution in [1.82, 2.24) is 15.5 Å². The molecular formula is C16H18ClN3O3. The van der Waals surface area contributed by atoms with Crippen LogP contribution in [0.25, 0.3) is 0 Å². The number of hydrogen-bond donors (Lipinski definition) is 2. The fourth-order valence-corrected chi connectivity index (χ4v) is 2.66. The molecule has 7 heteroatoms. The number of nitrogens with zero attached hydrogens (tertiary/aromatic N) is 1. The summed E-state index contributed by atoms with van der Waals surface area (Å²) in [5.74, 6) is -0.863. The molecule has 0 spiro atoms. The van der Waals surface area contributed by atoms with Gasteiger partial charge in [-0.05, 0) is 24.1 Å². The quantitative estimate of drug-likeness (QED) is 0.614. The molecule has 2 N–H and O–H groups in total. The molecule has 0 aliphatic carbocycles. The smallest absolute Gasteiger partial charge is 0.325 e. The first-order valence-corrected chi connectivity index (χ1v) is 7.60. The molecule has 0 radical (unpaired) electrons. The zero-order valence-corrected chi connectivity index (χ0v) is 13.5. The van der Waals surface area contributed by atoms with E-state index in [1.54, 1.807) is 31.2 Å². The van der Waals surface area contributed by atoms with E-state index in [0.29, 0.717) is 17.0 Å². The Morgan fingerprint density at radius 2 is 2.04 bits per heavy atom. The fourth-order valence-electron chi connectivity index (χ4n) is 2.53. The maximum Gasteiger partial charge on any atom is 0.325 e. The Labute approximate surface area is 139 Å². The maximum absolute atomic E-state index is 12.8. The van der Waals surface area contributed by atoms with Crippen LogP contribution >= 0.6 is 11.6 Å². The van der Waals surface area contributed by atoms with Gasteiger partial charge in [-0.3, -0.25) is 14.5 Å². The molecule has 0 bridgehead atoms. The van der Waals surface area contributed by atoms with Gasteiger partial charge in [0, 0.05) is 11.6 Å². The van der Waals surface area contributed by atoms with E-state index in [9.17, 15) is 14.4 Å². The van der Waals surface area contributed by atoms with Crippen molar-refractivity contribution in [1.29, 1.82) is 0 Å². The zero-order chi connectivity index (χ0) is 17.0. The highest BCUT2D eigenvalue weighted by molar-refractivity contribution is 6.30. The van der Waals surface area contributed by atoms with Gasteiger partial charge in [-0.25, -0.2) is 4.79 Å². The van der Waals surface area contributed by atoms with E-state index in [0.717, 1.165) is 4.90 Å². The number of rotatable bonds is 6. The lowest BCUT2D eigenvalue weighted by atomic mass is 9.87. The first-order chi connectivity index (χ1) is 10.9. The molecule has 0 aromatic heterocycles. The second-order valence-corrected chi connectivity index (χ2v) is 5.62. The standard InChI is InChI=1S/C16H18ClN3O3/c1-3-9-18-13(21)10-20-14(22)16(4-2,19-15(20)23)11-5-7-12(17)8-6-11/h3,5-8H,1,4,9-10H2,2H3,(H,18,21)(H,19,23). The second kappa shape index (κ2) is 6.83. The van der Waals surface area contributed by atoms with Gasteiger partial charge in [0.05, 0.1) is 0 Å². The minimum atomic E-state index is -1.17. The lowest BCUT2D eigenvalue weighted by Gasteiger charge is -2.25. The van der Waals surface area contributed by atoms with Crippen molar-refractivity contribution in [3.8, 4) is 0 Å². The first kappa shape index (κ1) is 17.0. The summed E-state index contributed by atoms with van der Waals surface area (Å²) in [5.41, 5.74) is -0.530. The Balaban J connectivity index is 2.25. The molecule has 1 unspecified atom stereocenters. The topological polar surface area (TPSA) is 78.5 Å². The van der Waals surface area contributed by atoms with Crippen LogP contribution in [0.1, 0.15) is 18.9 Å². The Morgan fingerprint density at radius 1 is 1.39 bits per heavy atom. The zero-order valence-electron chi connectivity index (χ0n) is 12.8. The van der Waals surface area contributed by atoms with Gasteiger partial charge < -0.3 is 10.6 Å². The van der Waals surface area contributed by atoms with Crippen LogP contribution < -0.4 is 10.6 Å². The van der Waals surface area contributed by atoms with E-state index in [4.69, 9.17) is 11.6 Å². The number of nitrogens with one attached hydrogen (secondary N) is 2. The molecule has 0 saturated carbocycles. The van der Waals surface area contributed by atoms with Gasteiger partial charge in [-0.2, -0.15) is 0 Å². The first-order valence-electron chi connectivity index (χ1n) is 7.22. The summed E-state index contributed by atoms with van der Waals surface area (Å²) in [6.45, 7) is 5.24. The van der Waals surface area contributed by atoms with Gasteiger partial charge in [0.25, 0.3) is 5.91 Å². The van der Waals surface area contributed by atoms with Crippen LogP contribution in [0.15, 0.2) is 36.9 Å². The number of benzene rings is 1. The third-order valence-electron chi connectivity index (χ3n) is 3.79. The number of imide groups is 1. The Hall–Kier alpha value is -2.34. The summed E-state index contributed by atoms with van der Waals surface area (Å²) in [4.78, 5) is 37.7. The highest BCUT2D eigenvalue weighted by Gasteiger charge is 2.51. The van der Waals surface area contributed by atoms with Crippen molar-refractivity contribution in [3.05, 3.63) is 47.5 Å². The molecule has 1 saturated heterocycles. The van der Waals surface area contributed by atoms with Gasteiger partial charge in [0.2, 0.25) is 5.91 Å². The SMILES string of the molecule is C=CCNC(=O)CN1C(=O)NC(CC)(c2ccc(Cl)cc2)C1=O. The van der Waals surface area contributed by atoms with Crippen LogP contribution in [0.5, 0.6) is 0 Å². The summed E-state index contributed by atoms with van der Waals surface area (Å²) in [5, 5.41) is 5.79. The maximum atomic E-state index is 12.8. The third-order valence-corrected chi connectivity index (χ3v) is 4.04. The summed E-state index contributed by atoms with van der Waals surface area (Å²) < 4.78 is 0. The molecular weight excluding hydrogens is 318 g/mol. The van der Waals surface area contributed by atoms with Gasteiger partial charge in [-0.15, -0.1) is 6.58 Å². The monoisotopic (exact) mass is 335 g/mol. The van der Waals surface area contributed by atoms with Crippen molar-refractivity contribution < 1.29 is 14.4 Å². The number of amides is 4. The Bertz CT molecular complexity index is 644. The van der Waals surface area contributed by atoms with Crippen LogP contribution in [0, 0.1) is 0 Å². The van der Waals surface area contributed by atoms with Crippen LogP contribution in [-0.4, -0.2) is 35.8 Å². The second-order valence-electron chi connectivity index (χ2n) is 5.18. The number of halogens is 1. The lowest BCUT2D eigenvalue weighted by Crippen LogP contribution is -2.44. The van der Waals surface area contributed by atoms with E-state index < -0.39 is 23.4 Å². The van der Waals surface area contributed by atoms with Crippen LogP contribution in [-0.2, 0) is 15.1 Å². The molecule has 1 heterocycles. The average molecular weight is 336 g/mol. The highest BCUT2D eigenvalue weighted by Crippen LogP contribution is 2.32. The molecule has 4 amide bonds. The minimum absolute atomic E-state index is 0.276. The molecule has 6 nitrogen and oxygen atoms in total. The van der Waals surface area contributed by atoms with Crippen molar-refractivity contribution in [2.24, 2.45) is 0 Å². The number of hydrogen-bond acceptors (Lipinski definition) is 3.